The first-order chi connectivity index (χ1) is 5.70. The first-order valence-electron chi connectivity index (χ1n) is 3.76. The van der Waals surface area contributed by atoms with E-state index >= 15 is 0 Å². The van der Waals surface area contributed by atoms with Gasteiger partial charge in [0, 0.05) is 0 Å². The summed E-state index contributed by atoms with van der Waals surface area (Å²) < 4.78 is 5.03. The molecule has 0 aliphatic rings. The van der Waals surface area contributed by atoms with E-state index in [0.717, 1.165) is 5.19 Å². The molecule has 0 radical (unpaired) electrons. The van der Waals surface area contributed by atoms with Crippen molar-refractivity contribution in [1.82, 2.24) is 0 Å². The van der Waals surface area contributed by atoms with Crippen LogP contribution in [0, 0.1) is 0 Å². The highest BCUT2D eigenvalue weighted by Crippen LogP contribution is 1.89. The molecular formula is C7H12O3Si2. The zero-order chi connectivity index (χ0) is 8.97. The summed E-state index contributed by atoms with van der Waals surface area (Å²) in [5.74, 6) is 0. The predicted molar refractivity (Wildman–Crippen MR) is 51.8 cm³/mol. The molecule has 2 atom stereocenters. The van der Waals surface area contributed by atoms with Gasteiger partial charge in [-0.25, -0.2) is 0 Å². The second-order valence-corrected chi connectivity index (χ2v) is 6.16. The minimum absolute atomic E-state index is 0.811. The minimum atomic E-state index is -2.31. The Morgan fingerprint density at radius 3 is 2.25 bits per heavy atom. The fraction of sp³-hybridized carbons (Fsp3) is 0.143. The summed E-state index contributed by atoms with van der Waals surface area (Å²) in [5.41, 5.74) is 0. The molecule has 1 aromatic rings. The van der Waals surface area contributed by atoms with Crippen LogP contribution < -0.4 is 5.19 Å². The van der Waals surface area contributed by atoms with Crippen LogP contribution in [0.15, 0.2) is 30.3 Å². The molecule has 0 fully saturated rings. The fourth-order valence-corrected chi connectivity index (χ4v) is 3.56. The highest BCUT2D eigenvalue weighted by molar-refractivity contribution is 6.67. The molecule has 0 saturated heterocycles. The Hall–Kier alpha value is -0.466. The molecule has 5 heteroatoms. The first kappa shape index (κ1) is 9.62. The third-order valence-corrected chi connectivity index (χ3v) is 4.97. The Kier molecular flexibility index (Phi) is 3.63. The monoisotopic (exact) mass is 200 g/mol. The van der Waals surface area contributed by atoms with Gasteiger partial charge in [-0.1, -0.05) is 30.3 Å². The van der Waals surface area contributed by atoms with E-state index in [2.05, 4.69) is 0 Å². The summed E-state index contributed by atoms with van der Waals surface area (Å²) in [6, 6.07) is 9.20. The van der Waals surface area contributed by atoms with Crippen LogP contribution in [0.1, 0.15) is 0 Å². The van der Waals surface area contributed by atoms with Gasteiger partial charge in [-0.15, -0.1) is 0 Å². The molecule has 0 aliphatic heterocycles. The maximum atomic E-state index is 9.48. The van der Waals surface area contributed by atoms with E-state index in [-0.39, 0.29) is 0 Å². The van der Waals surface area contributed by atoms with Gasteiger partial charge >= 0.3 is 18.6 Å². The molecular weight excluding hydrogens is 188 g/mol. The summed E-state index contributed by atoms with van der Waals surface area (Å²) in [5, 5.41) is 0.811. The van der Waals surface area contributed by atoms with E-state index in [1.807, 2.05) is 30.3 Å². The largest absolute Gasteiger partial charge is 0.416 e. The molecule has 0 amide bonds. The van der Waals surface area contributed by atoms with Crippen LogP contribution in [-0.4, -0.2) is 28.2 Å². The molecule has 12 heavy (non-hydrogen) atoms. The lowest BCUT2D eigenvalue weighted by molar-refractivity contribution is 0.373. The van der Waals surface area contributed by atoms with Gasteiger partial charge in [0.15, 0.2) is 0 Å². The molecule has 1 aromatic carbocycles. The van der Waals surface area contributed by atoms with Gasteiger partial charge in [0.1, 0.15) is 0 Å². The zero-order valence-corrected chi connectivity index (χ0v) is 9.15. The Bertz CT molecular complexity index is 227. The summed E-state index contributed by atoms with van der Waals surface area (Å²) in [4.78, 5) is 18.5. The normalized spacial score (nSPS) is 15.6. The van der Waals surface area contributed by atoms with Crippen LogP contribution >= 0.6 is 0 Å². The lowest BCUT2D eigenvalue weighted by Gasteiger charge is -2.11. The third kappa shape index (κ3) is 2.88. The van der Waals surface area contributed by atoms with Crippen molar-refractivity contribution in [3.8, 4) is 0 Å². The second-order valence-electron chi connectivity index (χ2n) is 2.50. The summed E-state index contributed by atoms with van der Waals surface area (Å²) in [7, 11) is -4.39. The molecule has 1 rings (SSSR count). The molecule has 3 nitrogen and oxygen atoms in total. The molecule has 0 bridgehead atoms. The van der Waals surface area contributed by atoms with Crippen LogP contribution in [0.3, 0.4) is 0 Å². The van der Waals surface area contributed by atoms with E-state index in [4.69, 9.17) is 8.91 Å². The highest BCUT2D eigenvalue weighted by atomic mass is 28.4. The molecule has 0 aliphatic carbocycles. The first-order valence-corrected chi connectivity index (χ1v) is 7.47. The molecule has 2 N–H and O–H groups in total. The van der Waals surface area contributed by atoms with E-state index in [9.17, 15) is 4.80 Å². The zero-order valence-electron chi connectivity index (χ0n) is 6.84. The van der Waals surface area contributed by atoms with Gasteiger partial charge in [0.2, 0.25) is 0 Å². The topological polar surface area (TPSA) is 49.7 Å². The van der Waals surface area contributed by atoms with Gasteiger partial charge in [0.25, 0.3) is 0 Å². The van der Waals surface area contributed by atoms with Crippen molar-refractivity contribution in [1.29, 1.82) is 0 Å². The molecule has 66 valence electrons. The lowest BCUT2D eigenvalue weighted by atomic mass is 10.4. The smallest absolute Gasteiger partial charge is 0.344 e. The third-order valence-electron chi connectivity index (χ3n) is 1.41. The summed E-state index contributed by atoms with van der Waals surface area (Å²) in [6.45, 7) is 1.62. The van der Waals surface area contributed by atoms with E-state index in [1.165, 1.54) is 0 Å². The molecule has 0 saturated carbocycles. The quantitative estimate of drug-likeness (QED) is 0.613. The van der Waals surface area contributed by atoms with Crippen LogP contribution in [0.2, 0.25) is 6.55 Å². The minimum Gasteiger partial charge on any atom is -0.416 e. The van der Waals surface area contributed by atoms with Crippen molar-refractivity contribution in [2.24, 2.45) is 0 Å². The Morgan fingerprint density at radius 2 is 1.75 bits per heavy atom. The SMILES string of the molecule is C[SiH](O)O[SiH](O)c1ccccc1. The molecule has 2 unspecified atom stereocenters. The van der Waals surface area contributed by atoms with E-state index in [1.54, 1.807) is 6.55 Å². The van der Waals surface area contributed by atoms with Crippen molar-refractivity contribution >= 4 is 23.8 Å². The van der Waals surface area contributed by atoms with Crippen molar-refractivity contribution in [3.63, 3.8) is 0 Å². The number of benzene rings is 1. The average molecular weight is 200 g/mol. The van der Waals surface area contributed by atoms with E-state index in [0.29, 0.717) is 0 Å². The summed E-state index contributed by atoms with van der Waals surface area (Å²) in [6.07, 6.45) is 0. The number of rotatable bonds is 3. The Balaban J connectivity index is 2.59. The fourth-order valence-electron chi connectivity index (χ4n) is 0.883. The van der Waals surface area contributed by atoms with Crippen LogP contribution in [0.4, 0.5) is 0 Å². The van der Waals surface area contributed by atoms with Gasteiger partial charge in [0.05, 0.1) is 0 Å². The molecule has 0 spiro atoms. The van der Waals surface area contributed by atoms with Crippen LogP contribution in [-0.2, 0) is 4.12 Å². The maximum absolute atomic E-state index is 9.48. The van der Waals surface area contributed by atoms with Crippen LogP contribution in [0.25, 0.3) is 0 Å². The second kappa shape index (κ2) is 4.53. The van der Waals surface area contributed by atoms with Crippen molar-refractivity contribution < 1.29 is 13.7 Å². The predicted octanol–water partition coefficient (Wildman–Crippen LogP) is -1.03. The van der Waals surface area contributed by atoms with Crippen molar-refractivity contribution in [2.45, 2.75) is 6.55 Å². The van der Waals surface area contributed by atoms with Gasteiger partial charge in [-0.05, 0) is 11.7 Å². The lowest BCUT2D eigenvalue weighted by Crippen LogP contribution is -2.38. The number of hydrogen-bond acceptors (Lipinski definition) is 3. The van der Waals surface area contributed by atoms with Gasteiger partial charge in [-0.3, -0.25) is 0 Å². The standard InChI is InChI=1S/C7H12O3Si2/c1-11(8)10-12(9)7-5-3-2-4-6-7/h2-6,8-9,11-12H,1H3. The highest BCUT2D eigenvalue weighted by Gasteiger charge is 2.13. The average Bonchev–Trinajstić information content (AvgIpc) is 2.05. The van der Waals surface area contributed by atoms with Gasteiger partial charge in [-0.2, -0.15) is 0 Å². The number of hydrogen-bond donors (Lipinski definition) is 2. The molecule has 0 aromatic heterocycles. The van der Waals surface area contributed by atoms with Crippen LogP contribution in [0.5, 0.6) is 0 Å². The van der Waals surface area contributed by atoms with Gasteiger partial charge < -0.3 is 13.7 Å². The Morgan fingerprint density at radius 1 is 1.17 bits per heavy atom. The summed E-state index contributed by atoms with van der Waals surface area (Å²) >= 11 is 0. The maximum Gasteiger partial charge on any atom is 0.344 e. The molecule has 0 heterocycles. The van der Waals surface area contributed by atoms with E-state index < -0.39 is 18.6 Å². The Labute approximate surface area is 74.9 Å². The van der Waals surface area contributed by atoms with Crippen molar-refractivity contribution in [2.75, 3.05) is 0 Å². The van der Waals surface area contributed by atoms with Crippen molar-refractivity contribution in [3.05, 3.63) is 30.3 Å².